The quantitative estimate of drug-likeness (QED) is 0.133. The highest BCUT2D eigenvalue weighted by Crippen LogP contribution is 2.44. The molecule has 0 saturated carbocycles. The molecule has 1 atom stereocenters. The molecule has 4 rings (SSSR count). The first-order valence-electron chi connectivity index (χ1n) is 11.4. The van der Waals surface area contributed by atoms with Crippen LogP contribution >= 0.6 is 23.2 Å². The second kappa shape index (κ2) is 10.7. The number of hydrogen-bond donors (Lipinski definition) is 1. The van der Waals surface area contributed by atoms with Crippen molar-refractivity contribution in [2.45, 2.75) is 26.3 Å². The molecule has 1 amide bonds. The molecule has 37 heavy (non-hydrogen) atoms. The number of carbonyl (C=O) groups excluding carboxylic acids is 3. The summed E-state index contributed by atoms with van der Waals surface area (Å²) in [5, 5.41) is 11.6. The van der Waals surface area contributed by atoms with Crippen molar-refractivity contribution in [3.63, 3.8) is 0 Å². The van der Waals surface area contributed by atoms with E-state index in [-0.39, 0.29) is 26.9 Å². The molecule has 9 heteroatoms. The standard InChI is InChI=1S/C28H23Cl2NO6/c1-4-16-5-9-19(10-6-16)31-24(17-7-11-20(12-8-17)37-15(2)32)23(26(34)28(31)35)25(33)18-13-21(29)27(36-3)22(30)14-18/h5-14,24,33H,4H2,1-3H3/b25-23+. The van der Waals surface area contributed by atoms with Gasteiger partial charge in [0.15, 0.2) is 5.75 Å². The number of methoxy groups -OCH3 is 1. The molecule has 1 aliphatic heterocycles. The van der Waals surface area contributed by atoms with Gasteiger partial charge in [0.1, 0.15) is 11.5 Å². The molecule has 3 aromatic carbocycles. The number of ether oxygens (including phenoxy) is 2. The Kier molecular flexibility index (Phi) is 7.57. The summed E-state index contributed by atoms with van der Waals surface area (Å²) < 4.78 is 10.3. The first-order chi connectivity index (χ1) is 17.7. The number of nitrogens with zero attached hydrogens (tertiary/aromatic N) is 1. The van der Waals surface area contributed by atoms with Gasteiger partial charge in [-0.1, -0.05) is 54.4 Å². The van der Waals surface area contributed by atoms with Crippen molar-refractivity contribution in [1.29, 1.82) is 0 Å². The molecule has 0 aromatic heterocycles. The van der Waals surface area contributed by atoms with Gasteiger partial charge in [0, 0.05) is 18.2 Å². The summed E-state index contributed by atoms with van der Waals surface area (Å²) in [6.45, 7) is 3.30. The van der Waals surface area contributed by atoms with Crippen molar-refractivity contribution in [2.75, 3.05) is 12.0 Å². The van der Waals surface area contributed by atoms with Crippen molar-refractivity contribution in [2.24, 2.45) is 0 Å². The Morgan fingerprint density at radius 1 is 1.00 bits per heavy atom. The Morgan fingerprint density at radius 3 is 2.11 bits per heavy atom. The minimum atomic E-state index is -0.974. The summed E-state index contributed by atoms with van der Waals surface area (Å²) in [4.78, 5) is 39.3. The maximum absolute atomic E-state index is 13.3. The fraction of sp³-hybridized carbons (Fsp3) is 0.179. The molecule has 0 bridgehead atoms. The molecule has 190 valence electrons. The molecular formula is C28H23Cl2NO6. The highest BCUT2D eigenvalue weighted by molar-refractivity contribution is 6.51. The van der Waals surface area contributed by atoms with Crippen LogP contribution in [0.1, 0.15) is 36.6 Å². The van der Waals surface area contributed by atoms with E-state index in [4.69, 9.17) is 32.7 Å². The number of ketones is 1. The highest BCUT2D eigenvalue weighted by atomic mass is 35.5. The van der Waals surface area contributed by atoms with Gasteiger partial charge in [-0.3, -0.25) is 19.3 Å². The molecule has 3 aromatic rings. The first-order valence-corrected chi connectivity index (χ1v) is 12.1. The Hall–Kier alpha value is -3.81. The normalized spacial score (nSPS) is 16.7. The van der Waals surface area contributed by atoms with Crippen LogP contribution in [0.25, 0.3) is 5.76 Å². The molecule has 1 fully saturated rings. The van der Waals surface area contributed by atoms with Crippen LogP contribution in [0.5, 0.6) is 11.5 Å². The first kappa shape index (κ1) is 26.3. The van der Waals surface area contributed by atoms with Gasteiger partial charge in [0.2, 0.25) is 0 Å². The largest absolute Gasteiger partial charge is 0.507 e. The summed E-state index contributed by atoms with van der Waals surface area (Å²) in [5.74, 6) is -2.07. The highest BCUT2D eigenvalue weighted by Gasteiger charge is 2.47. The van der Waals surface area contributed by atoms with Crippen LogP contribution in [0.2, 0.25) is 10.0 Å². The second-order valence-corrected chi connectivity index (χ2v) is 9.14. The van der Waals surface area contributed by atoms with E-state index in [1.54, 1.807) is 36.4 Å². The maximum Gasteiger partial charge on any atom is 0.308 e. The van der Waals surface area contributed by atoms with Crippen molar-refractivity contribution in [1.82, 2.24) is 0 Å². The zero-order chi connectivity index (χ0) is 26.9. The van der Waals surface area contributed by atoms with Crippen LogP contribution in [0.3, 0.4) is 0 Å². The molecule has 1 aliphatic rings. The zero-order valence-electron chi connectivity index (χ0n) is 20.2. The Bertz CT molecular complexity index is 1390. The van der Waals surface area contributed by atoms with Crippen molar-refractivity contribution >= 4 is 52.3 Å². The summed E-state index contributed by atoms with van der Waals surface area (Å²) in [7, 11) is 1.40. The van der Waals surface area contributed by atoms with Crippen molar-refractivity contribution in [3.8, 4) is 11.5 Å². The number of Topliss-reactive ketones (excluding diaryl/α,β-unsaturated/α-hetero) is 1. The topological polar surface area (TPSA) is 93.1 Å². The number of esters is 1. The van der Waals surface area contributed by atoms with Crippen LogP contribution in [-0.4, -0.2) is 29.9 Å². The fourth-order valence-electron chi connectivity index (χ4n) is 4.24. The lowest BCUT2D eigenvalue weighted by Crippen LogP contribution is -2.29. The predicted octanol–water partition coefficient (Wildman–Crippen LogP) is 6.12. The fourth-order valence-corrected chi connectivity index (χ4v) is 4.88. The molecule has 1 N–H and O–H groups in total. The molecular weight excluding hydrogens is 517 g/mol. The lowest BCUT2D eigenvalue weighted by molar-refractivity contribution is -0.132. The minimum Gasteiger partial charge on any atom is -0.507 e. The van der Waals surface area contributed by atoms with Crippen LogP contribution in [-0.2, 0) is 20.8 Å². The molecule has 1 unspecified atom stereocenters. The van der Waals surface area contributed by atoms with Crippen LogP contribution in [0.15, 0.2) is 66.2 Å². The van der Waals surface area contributed by atoms with E-state index >= 15 is 0 Å². The number of rotatable bonds is 6. The van der Waals surface area contributed by atoms with E-state index in [9.17, 15) is 19.5 Å². The lowest BCUT2D eigenvalue weighted by Gasteiger charge is -2.26. The number of amides is 1. The van der Waals surface area contributed by atoms with E-state index in [1.165, 1.54) is 31.1 Å². The summed E-state index contributed by atoms with van der Waals surface area (Å²) >= 11 is 12.5. The van der Waals surface area contributed by atoms with Crippen molar-refractivity contribution < 1.29 is 29.0 Å². The zero-order valence-corrected chi connectivity index (χ0v) is 21.8. The number of hydrogen-bond acceptors (Lipinski definition) is 6. The Balaban J connectivity index is 1.91. The average molecular weight is 540 g/mol. The Labute approximate surface area is 223 Å². The van der Waals surface area contributed by atoms with Gasteiger partial charge in [-0.05, 0) is 53.9 Å². The number of benzene rings is 3. The monoisotopic (exact) mass is 539 g/mol. The summed E-state index contributed by atoms with van der Waals surface area (Å²) in [6.07, 6.45) is 0.805. The molecule has 0 spiro atoms. The van der Waals surface area contributed by atoms with Gasteiger partial charge in [-0.2, -0.15) is 0 Å². The SMILES string of the molecule is CCc1ccc(N2C(=O)C(=O)/C(=C(/O)c3cc(Cl)c(OC)c(Cl)c3)C2c2ccc(OC(C)=O)cc2)cc1. The van der Waals surface area contributed by atoms with Crippen molar-refractivity contribution in [3.05, 3.63) is 93.0 Å². The number of aliphatic hydroxyl groups excluding tert-OH is 1. The third-order valence-electron chi connectivity index (χ3n) is 6.00. The molecule has 0 radical (unpaired) electrons. The molecule has 1 saturated heterocycles. The lowest BCUT2D eigenvalue weighted by atomic mass is 9.95. The number of aliphatic hydroxyl groups is 1. The van der Waals surface area contributed by atoms with Crippen LogP contribution in [0.4, 0.5) is 5.69 Å². The predicted molar refractivity (Wildman–Crippen MR) is 141 cm³/mol. The maximum atomic E-state index is 13.3. The number of anilines is 1. The van der Waals surface area contributed by atoms with E-state index in [1.807, 2.05) is 19.1 Å². The number of aryl methyl sites for hydroxylation is 1. The minimum absolute atomic E-state index is 0.128. The smallest absolute Gasteiger partial charge is 0.308 e. The van der Waals surface area contributed by atoms with Gasteiger partial charge in [-0.15, -0.1) is 0 Å². The van der Waals surface area contributed by atoms with Gasteiger partial charge in [0.05, 0.1) is 28.8 Å². The third-order valence-corrected chi connectivity index (χ3v) is 6.56. The van der Waals surface area contributed by atoms with Gasteiger partial charge < -0.3 is 14.6 Å². The average Bonchev–Trinajstić information content (AvgIpc) is 3.13. The van der Waals surface area contributed by atoms with E-state index < -0.39 is 29.5 Å². The van der Waals surface area contributed by atoms with Crippen LogP contribution < -0.4 is 14.4 Å². The van der Waals surface area contributed by atoms with Crippen LogP contribution in [0, 0.1) is 0 Å². The van der Waals surface area contributed by atoms with Gasteiger partial charge in [-0.25, -0.2) is 0 Å². The second-order valence-electron chi connectivity index (χ2n) is 8.32. The summed E-state index contributed by atoms with van der Waals surface area (Å²) in [6, 6.07) is 15.5. The number of carbonyl (C=O) groups is 3. The number of halogens is 2. The van der Waals surface area contributed by atoms with Gasteiger partial charge in [0.25, 0.3) is 11.7 Å². The molecule has 0 aliphatic carbocycles. The third kappa shape index (κ3) is 5.05. The van der Waals surface area contributed by atoms with E-state index in [0.29, 0.717) is 17.0 Å². The van der Waals surface area contributed by atoms with E-state index in [0.717, 1.165) is 12.0 Å². The molecule has 7 nitrogen and oxygen atoms in total. The Morgan fingerprint density at radius 2 is 1.59 bits per heavy atom. The van der Waals surface area contributed by atoms with Gasteiger partial charge >= 0.3 is 5.97 Å². The molecule has 1 heterocycles. The summed E-state index contributed by atoms with van der Waals surface area (Å²) in [5.41, 5.74) is 2.07. The van der Waals surface area contributed by atoms with E-state index in [2.05, 4.69) is 0 Å².